The van der Waals surface area contributed by atoms with Crippen LogP contribution in [-0.4, -0.2) is 20.2 Å². The smallest absolute Gasteiger partial charge is 0.189 e. The molecule has 7 heteroatoms. The van der Waals surface area contributed by atoms with Crippen LogP contribution in [0.4, 0.5) is 5.69 Å². The van der Waals surface area contributed by atoms with Gasteiger partial charge in [0.2, 0.25) is 0 Å². The molecule has 1 aromatic heterocycles. The van der Waals surface area contributed by atoms with E-state index in [0.29, 0.717) is 22.1 Å². The first-order valence-corrected chi connectivity index (χ1v) is 7.33. The van der Waals surface area contributed by atoms with Crippen molar-refractivity contribution >= 4 is 33.2 Å². The van der Waals surface area contributed by atoms with E-state index in [2.05, 4.69) is 31.5 Å². The molecule has 3 rings (SSSR count). The quantitative estimate of drug-likeness (QED) is 0.705. The molecule has 0 saturated carbocycles. The number of nitrogens with two attached hydrogens (primary N) is 1. The van der Waals surface area contributed by atoms with Gasteiger partial charge in [0.15, 0.2) is 5.82 Å². The fraction of sp³-hybridized carbons (Fsp3) is 0.0714. The van der Waals surface area contributed by atoms with Gasteiger partial charge in [0.1, 0.15) is 0 Å². The highest BCUT2D eigenvalue weighted by Crippen LogP contribution is 2.29. The van der Waals surface area contributed by atoms with Crippen molar-refractivity contribution in [1.82, 2.24) is 20.2 Å². The standard InChI is InChI=1S/C14H11BrClN5/c1-8-4-9(15)6-11(5-8)21-14(18-19-20-21)12-7-10(16)2-3-13(12)17/h2-7H,17H2,1H3. The largest absolute Gasteiger partial charge is 0.398 e. The summed E-state index contributed by atoms with van der Waals surface area (Å²) in [6, 6.07) is 11.2. The molecule has 0 aliphatic carbocycles. The average molecular weight is 365 g/mol. The number of halogens is 2. The number of aryl methyl sites for hydroxylation is 1. The molecular formula is C14H11BrClN5. The fourth-order valence-electron chi connectivity index (χ4n) is 2.09. The Bertz CT molecular complexity index is 795. The van der Waals surface area contributed by atoms with Crippen LogP contribution in [0, 0.1) is 6.92 Å². The maximum absolute atomic E-state index is 6.04. The van der Waals surface area contributed by atoms with Gasteiger partial charge in [0.05, 0.1) is 5.69 Å². The molecule has 0 bridgehead atoms. The molecule has 1 heterocycles. The molecular weight excluding hydrogens is 354 g/mol. The van der Waals surface area contributed by atoms with Gasteiger partial charge in [-0.1, -0.05) is 27.5 Å². The Labute approximate surface area is 134 Å². The molecule has 0 amide bonds. The third-order valence-corrected chi connectivity index (χ3v) is 3.69. The minimum absolute atomic E-state index is 0.549. The molecule has 0 atom stereocenters. The SMILES string of the molecule is Cc1cc(Br)cc(-n2nnnc2-c2cc(Cl)ccc2N)c1. The molecule has 0 unspecified atom stereocenters. The summed E-state index contributed by atoms with van der Waals surface area (Å²) in [7, 11) is 0. The molecule has 5 nitrogen and oxygen atoms in total. The van der Waals surface area contributed by atoms with E-state index in [0.717, 1.165) is 15.7 Å². The van der Waals surface area contributed by atoms with E-state index in [1.165, 1.54) is 0 Å². The Morgan fingerprint density at radius 2 is 2.00 bits per heavy atom. The minimum atomic E-state index is 0.549. The van der Waals surface area contributed by atoms with Gasteiger partial charge in [-0.3, -0.25) is 0 Å². The lowest BCUT2D eigenvalue weighted by Crippen LogP contribution is -2.02. The molecule has 0 fully saturated rings. The molecule has 2 aromatic carbocycles. The molecule has 0 saturated heterocycles. The topological polar surface area (TPSA) is 69.6 Å². The Kier molecular flexibility index (Phi) is 3.65. The first-order chi connectivity index (χ1) is 10.0. The van der Waals surface area contributed by atoms with Crippen molar-refractivity contribution < 1.29 is 0 Å². The summed E-state index contributed by atoms with van der Waals surface area (Å²) >= 11 is 9.52. The maximum atomic E-state index is 6.04. The molecule has 21 heavy (non-hydrogen) atoms. The summed E-state index contributed by atoms with van der Waals surface area (Å²) in [5.41, 5.74) is 9.23. The third kappa shape index (κ3) is 2.77. The second-order valence-corrected chi connectivity index (χ2v) is 5.98. The monoisotopic (exact) mass is 363 g/mol. The first kappa shape index (κ1) is 14.0. The van der Waals surface area contributed by atoms with E-state index < -0.39 is 0 Å². The van der Waals surface area contributed by atoms with Crippen LogP contribution in [0.25, 0.3) is 17.1 Å². The van der Waals surface area contributed by atoms with Crippen LogP contribution >= 0.6 is 27.5 Å². The number of aromatic nitrogens is 4. The van der Waals surface area contributed by atoms with E-state index in [1.807, 2.05) is 25.1 Å². The Morgan fingerprint density at radius 3 is 2.76 bits per heavy atom. The zero-order valence-electron chi connectivity index (χ0n) is 11.1. The highest BCUT2D eigenvalue weighted by Gasteiger charge is 2.14. The summed E-state index contributed by atoms with van der Waals surface area (Å²) in [5.74, 6) is 0.549. The summed E-state index contributed by atoms with van der Waals surface area (Å²) in [6.45, 7) is 2.01. The van der Waals surface area contributed by atoms with Crippen molar-refractivity contribution in [2.45, 2.75) is 6.92 Å². The van der Waals surface area contributed by atoms with Gasteiger partial charge >= 0.3 is 0 Å². The second kappa shape index (κ2) is 5.46. The van der Waals surface area contributed by atoms with Crippen molar-refractivity contribution in [1.29, 1.82) is 0 Å². The van der Waals surface area contributed by atoms with E-state index in [1.54, 1.807) is 22.9 Å². The van der Waals surface area contributed by atoms with Crippen LogP contribution < -0.4 is 5.73 Å². The van der Waals surface area contributed by atoms with E-state index in [4.69, 9.17) is 17.3 Å². The lowest BCUT2D eigenvalue weighted by atomic mass is 10.1. The number of rotatable bonds is 2. The van der Waals surface area contributed by atoms with E-state index >= 15 is 0 Å². The van der Waals surface area contributed by atoms with Gasteiger partial charge in [-0.25, -0.2) is 0 Å². The van der Waals surface area contributed by atoms with Crippen molar-refractivity contribution in [3.63, 3.8) is 0 Å². The van der Waals surface area contributed by atoms with Crippen LogP contribution in [0.15, 0.2) is 40.9 Å². The second-order valence-electron chi connectivity index (χ2n) is 4.63. The highest BCUT2D eigenvalue weighted by molar-refractivity contribution is 9.10. The van der Waals surface area contributed by atoms with Crippen LogP contribution in [-0.2, 0) is 0 Å². The van der Waals surface area contributed by atoms with E-state index in [9.17, 15) is 0 Å². The molecule has 0 spiro atoms. The van der Waals surface area contributed by atoms with Crippen molar-refractivity contribution in [3.05, 3.63) is 51.5 Å². The molecule has 0 aliphatic heterocycles. The molecule has 106 valence electrons. The van der Waals surface area contributed by atoms with Gasteiger partial charge in [0.25, 0.3) is 0 Å². The number of hydrogen-bond donors (Lipinski definition) is 1. The Morgan fingerprint density at radius 1 is 1.19 bits per heavy atom. The number of nitrogens with zero attached hydrogens (tertiary/aromatic N) is 4. The normalized spacial score (nSPS) is 10.8. The van der Waals surface area contributed by atoms with Gasteiger partial charge in [-0.05, 0) is 59.3 Å². The zero-order valence-corrected chi connectivity index (χ0v) is 13.4. The highest BCUT2D eigenvalue weighted by atomic mass is 79.9. The first-order valence-electron chi connectivity index (χ1n) is 6.16. The van der Waals surface area contributed by atoms with Crippen LogP contribution in [0.1, 0.15) is 5.56 Å². The number of nitrogen functional groups attached to an aromatic ring is 1. The number of hydrogen-bond acceptors (Lipinski definition) is 4. The molecule has 2 N–H and O–H groups in total. The maximum Gasteiger partial charge on any atom is 0.189 e. The van der Waals surface area contributed by atoms with Crippen molar-refractivity contribution in [2.24, 2.45) is 0 Å². The molecule has 3 aromatic rings. The average Bonchev–Trinajstić information content (AvgIpc) is 2.89. The molecule has 0 aliphatic rings. The number of anilines is 1. The summed E-state index contributed by atoms with van der Waals surface area (Å²) in [6.07, 6.45) is 0. The summed E-state index contributed by atoms with van der Waals surface area (Å²) in [5, 5.41) is 12.5. The summed E-state index contributed by atoms with van der Waals surface area (Å²) in [4.78, 5) is 0. The lowest BCUT2D eigenvalue weighted by molar-refractivity contribution is 0.790. The van der Waals surface area contributed by atoms with Crippen LogP contribution in [0.5, 0.6) is 0 Å². The van der Waals surface area contributed by atoms with Crippen LogP contribution in [0.2, 0.25) is 5.02 Å². The predicted octanol–water partition coefficient (Wildman–Crippen LogP) is 3.64. The van der Waals surface area contributed by atoms with Gasteiger partial charge in [0, 0.05) is 20.7 Å². The number of tetrazole rings is 1. The van der Waals surface area contributed by atoms with Crippen molar-refractivity contribution in [3.8, 4) is 17.1 Å². The molecule has 0 radical (unpaired) electrons. The van der Waals surface area contributed by atoms with Gasteiger partial charge in [-0.2, -0.15) is 4.68 Å². The Balaban J connectivity index is 2.19. The number of benzene rings is 2. The van der Waals surface area contributed by atoms with Gasteiger partial charge < -0.3 is 5.73 Å². The van der Waals surface area contributed by atoms with E-state index in [-0.39, 0.29) is 0 Å². The summed E-state index contributed by atoms with van der Waals surface area (Å²) < 4.78 is 2.60. The fourth-order valence-corrected chi connectivity index (χ4v) is 2.86. The third-order valence-electron chi connectivity index (χ3n) is 3.00. The van der Waals surface area contributed by atoms with Crippen LogP contribution in [0.3, 0.4) is 0 Å². The zero-order chi connectivity index (χ0) is 15.0. The van der Waals surface area contributed by atoms with Crippen molar-refractivity contribution in [2.75, 3.05) is 5.73 Å². The van der Waals surface area contributed by atoms with Gasteiger partial charge in [-0.15, -0.1) is 5.10 Å². The Hall–Kier alpha value is -1.92. The minimum Gasteiger partial charge on any atom is -0.398 e. The predicted molar refractivity (Wildman–Crippen MR) is 86.4 cm³/mol. The lowest BCUT2D eigenvalue weighted by Gasteiger charge is -2.08.